The van der Waals surface area contributed by atoms with Crippen molar-refractivity contribution in [1.82, 2.24) is 15.1 Å². The first-order valence-corrected chi connectivity index (χ1v) is 10.8. The van der Waals surface area contributed by atoms with Gasteiger partial charge >= 0.3 is 0 Å². The molecule has 0 radical (unpaired) electrons. The highest BCUT2D eigenvalue weighted by molar-refractivity contribution is 7.98. The Hall–Kier alpha value is -3.33. The zero-order valence-corrected chi connectivity index (χ0v) is 17.7. The van der Waals surface area contributed by atoms with Crippen molar-refractivity contribution in [3.63, 3.8) is 0 Å². The average molecular weight is 441 g/mol. The van der Waals surface area contributed by atoms with E-state index in [1.54, 1.807) is 18.9 Å². The number of halogens is 1. The van der Waals surface area contributed by atoms with Gasteiger partial charge in [0.25, 0.3) is 5.91 Å². The molecule has 7 nitrogen and oxygen atoms in total. The van der Waals surface area contributed by atoms with Crippen LogP contribution in [0.3, 0.4) is 0 Å². The monoisotopic (exact) mass is 440 g/mol. The van der Waals surface area contributed by atoms with E-state index in [1.165, 1.54) is 28.9 Å². The summed E-state index contributed by atoms with van der Waals surface area (Å²) in [5.74, 6) is 1.48. The van der Waals surface area contributed by atoms with E-state index >= 15 is 0 Å². The Morgan fingerprint density at radius 3 is 2.74 bits per heavy atom. The second-order valence-electron chi connectivity index (χ2n) is 7.01. The SMILES string of the molecule is COc1ccc(CNC(=O)Cn2nc3c(c2NC(=O)c2cccc(F)c2)CSC3)cc1. The van der Waals surface area contributed by atoms with Gasteiger partial charge < -0.3 is 15.4 Å². The third kappa shape index (κ3) is 4.88. The highest BCUT2D eigenvalue weighted by Gasteiger charge is 2.25. The number of aromatic nitrogens is 2. The van der Waals surface area contributed by atoms with Gasteiger partial charge in [-0.15, -0.1) is 0 Å². The predicted molar refractivity (Wildman–Crippen MR) is 116 cm³/mol. The summed E-state index contributed by atoms with van der Waals surface area (Å²) in [5, 5.41) is 10.2. The number of anilines is 1. The summed E-state index contributed by atoms with van der Waals surface area (Å²) < 4.78 is 20.1. The molecule has 2 aromatic carbocycles. The van der Waals surface area contributed by atoms with Crippen molar-refractivity contribution >= 4 is 29.4 Å². The van der Waals surface area contributed by atoms with Gasteiger partial charge in [0.05, 0.1) is 12.8 Å². The molecule has 2 heterocycles. The largest absolute Gasteiger partial charge is 0.497 e. The number of nitrogens with zero attached hydrogens (tertiary/aromatic N) is 2. The highest BCUT2D eigenvalue weighted by atomic mass is 32.2. The maximum Gasteiger partial charge on any atom is 0.256 e. The molecule has 0 fully saturated rings. The number of ether oxygens (including phenoxy) is 1. The molecule has 1 aliphatic rings. The summed E-state index contributed by atoms with van der Waals surface area (Å²) >= 11 is 1.69. The fraction of sp³-hybridized carbons (Fsp3) is 0.227. The van der Waals surface area contributed by atoms with Gasteiger partial charge in [-0.3, -0.25) is 9.59 Å². The summed E-state index contributed by atoms with van der Waals surface area (Å²) in [7, 11) is 1.60. The molecule has 0 saturated heterocycles. The second kappa shape index (κ2) is 9.22. The molecule has 0 spiro atoms. The number of carbonyl (C=O) groups is 2. The lowest BCUT2D eigenvalue weighted by Crippen LogP contribution is -2.28. The number of fused-ring (bicyclic) bond motifs is 1. The summed E-state index contributed by atoms with van der Waals surface area (Å²) in [6, 6.07) is 12.9. The van der Waals surface area contributed by atoms with Gasteiger partial charge in [0.15, 0.2) is 0 Å². The van der Waals surface area contributed by atoms with Gasteiger partial charge in [0.2, 0.25) is 5.91 Å². The van der Waals surface area contributed by atoms with Crippen molar-refractivity contribution < 1.29 is 18.7 Å². The zero-order valence-electron chi connectivity index (χ0n) is 16.9. The standard InChI is InChI=1S/C22H21FN4O3S/c1-30-17-7-5-14(6-8-17)10-24-20(28)11-27-21(18-12-31-13-19(18)26-27)25-22(29)15-3-2-4-16(23)9-15/h2-9H,10-13H2,1H3,(H,24,28)(H,25,29). The van der Waals surface area contributed by atoms with Gasteiger partial charge in [0, 0.05) is 29.2 Å². The van der Waals surface area contributed by atoms with Crippen LogP contribution in [-0.4, -0.2) is 28.7 Å². The minimum absolute atomic E-state index is 0.0351. The Bertz CT molecular complexity index is 1110. The maximum absolute atomic E-state index is 13.5. The third-order valence-electron chi connectivity index (χ3n) is 4.88. The quantitative estimate of drug-likeness (QED) is 0.589. The molecule has 2 amide bonds. The molecule has 9 heteroatoms. The van der Waals surface area contributed by atoms with E-state index in [0.29, 0.717) is 18.1 Å². The fourth-order valence-electron chi connectivity index (χ4n) is 3.27. The highest BCUT2D eigenvalue weighted by Crippen LogP contribution is 2.34. The van der Waals surface area contributed by atoms with Crippen molar-refractivity contribution in [2.24, 2.45) is 0 Å². The number of hydrogen-bond acceptors (Lipinski definition) is 5. The summed E-state index contributed by atoms with van der Waals surface area (Å²) in [6.45, 7) is 0.331. The number of carbonyl (C=O) groups excluding carboxylic acids is 2. The first-order valence-electron chi connectivity index (χ1n) is 9.66. The number of methoxy groups -OCH3 is 1. The molecule has 0 unspecified atom stereocenters. The summed E-state index contributed by atoms with van der Waals surface area (Å²) in [6.07, 6.45) is 0. The van der Waals surface area contributed by atoms with Crippen LogP contribution in [0.5, 0.6) is 5.75 Å². The molecule has 160 valence electrons. The van der Waals surface area contributed by atoms with E-state index in [0.717, 1.165) is 28.3 Å². The van der Waals surface area contributed by atoms with E-state index < -0.39 is 11.7 Å². The Morgan fingerprint density at radius 2 is 2.00 bits per heavy atom. The molecule has 31 heavy (non-hydrogen) atoms. The van der Waals surface area contributed by atoms with Crippen molar-refractivity contribution in [3.8, 4) is 5.75 Å². The topological polar surface area (TPSA) is 85.2 Å². The Balaban J connectivity index is 1.45. The number of thioether (sulfide) groups is 1. The van der Waals surface area contributed by atoms with Crippen LogP contribution in [-0.2, 0) is 29.4 Å². The van der Waals surface area contributed by atoms with Crippen LogP contribution in [0.1, 0.15) is 27.2 Å². The Labute approximate surface area is 183 Å². The third-order valence-corrected chi connectivity index (χ3v) is 5.85. The number of hydrogen-bond donors (Lipinski definition) is 2. The number of benzene rings is 2. The van der Waals surface area contributed by atoms with Crippen LogP contribution in [0.15, 0.2) is 48.5 Å². The minimum Gasteiger partial charge on any atom is -0.497 e. The maximum atomic E-state index is 13.5. The fourth-order valence-corrected chi connectivity index (χ4v) is 4.30. The van der Waals surface area contributed by atoms with Crippen LogP contribution in [0, 0.1) is 5.82 Å². The molecule has 1 aromatic heterocycles. The van der Waals surface area contributed by atoms with Crippen LogP contribution in [0.4, 0.5) is 10.2 Å². The minimum atomic E-state index is -0.486. The van der Waals surface area contributed by atoms with E-state index in [2.05, 4.69) is 15.7 Å². The van der Waals surface area contributed by atoms with Gasteiger partial charge in [0.1, 0.15) is 23.9 Å². The molecular weight excluding hydrogens is 419 g/mol. The van der Waals surface area contributed by atoms with Crippen molar-refractivity contribution in [3.05, 3.63) is 76.7 Å². The summed E-state index contributed by atoms with van der Waals surface area (Å²) in [5.41, 5.74) is 2.89. The lowest BCUT2D eigenvalue weighted by atomic mass is 10.2. The van der Waals surface area contributed by atoms with E-state index in [1.807, 2.05) is 24.3 Å². The van der Waals surface area contributed by atoms with E-state index in [4.69, 9.17) is 4.74 Å². The second-order valence-corrected chi connectivity index (χ2v) is 8.00. The van der Waals surface area contributed by atoms with Gasteiger partial charge in [-0.2, -0.15) is 16.9 Å². The molecule has 1 aliphatic heterocycles. The molecule has 3 aromatic rings. The van der Waals surface area contributed by atoms with Crippen LogP contribution >= 0.6 is 11.8 Å². The van der Waals surface area contributed by atoms with Crippen LogP contribution in [0.2, 0.25) is 0 Å². The number of amides is 2. The van der Waals surface area contributed by atoms with Gasteiger partial charge in [-0.05, 0) is 35.9 Å². The van der Waals surface area contributed by atoms with Crippen LogP contribution < -0.4 is 15.4 Å². The van der Waals surface area contributed by atoms with E-state index in [-0.39, 0.29) is 18.0 Å². The van der Waals surface area contributed by atoms with Crippen LogP contribution in [0.25, 0.3) is 0 Å². The lowest BCUT2D eigenvalue weighted by Gasteiger charge is -2.12. The average Bonchev–Trinajstić information content (AvgIpc) is 3.35. The van der Waals surface area contributed by atoms with Gasteiger partial charge in [-0.25, -0.2) is 9.07 Å². The molecule has 4 rings (SSSR count). The van der Waals surface area contributed by atoms with Gasteiger partial charge in [-0.1, -0.05) is 18.2 Å². The Morgan fingerprint density at radius 1 is 1.19 bits per heavy atom. The molecular formula is C22H21FN4O3S. The molecule has 0 bridgehead atoms. The molecule has 0 aliphatic carbocycles. The Kier molecular flexibility index (Phi) is 6.22. The van der Waals surface area contributed by atoms with E-state index in [9.17, 15) is 14.0 Å². The first-order chi connectivity index (χ1) is 15.0. The smallest absolute Gasteiger partial charge is 0.256 e. The predicted octanol–water partition coefficient (Wildman–Crippen LogP) is 3.35. The number of nitrogens with one attached hydrogen (secondary N) is 2. The van der Waals surface area contributed by atoms with Crippen molar-refractivity contribution in [2.45, 2.75) is 24.6 Å². The number of rotatable bonds is 7. The van der Waals surface area contributed by atoms with Crippen molar-refractivity contribution in [1.29, 1.82) is 0 Å². The molecule has 0 saturated carbocycles. The molecule has 2 N–H and O–H groups in total. The van der Waals surface area contributed by atoms with Crippen molar-refractivity contribution in [2.75, 3.05) is 12.4 Å². The summed E-state index contributed by atoms with van der Waals surface area (Å²) in [4.78, 5) is 25.2. The molecule has 0 atom stereocenters. The zero-order chi connectivity index (χ0) is 21.8. The first kappa shape index (κ1) is 20.9. The lowest BCUT2D eigenvalue weighted by molar-refractivity contribution is -0.122. The normalized spacial score (nSPS) is 12.3.